The van der Waals surface area contributed by atoms with Gasteiger partial charge in [-0.3, -0.25) is 0 Å². The van der Waals surface area contributed by atoms with Crippen LogP contribution in [0.25, 0.3) is 6.08 Å². The first-order chi connectivity index (χ1) is 13.8. The van der Waals surface area contributed by atoms with Gasteiger partial charge in [0.05, 0.1) is 0 Å². The Morgan fingerprint density at radius 3 is 2.07 bits per heavy atom. The molecule has 0 bridgehead atoms. The van der Waals surface area contributed by atoms with E-state index in [9.17, 15) is 0 Å². The molecule has 0 heterocycles. The molecule has 0 aliphatic rings. The predicted molar refractivity (Wildman–Crippen MR) is 134 cm³/mol. The van der Waals surface area contributed by atoms with Gasteiger partial charge in [0.15, 0.2) is 0 Å². The summed E-state index contributed by atoms with van der Waals surface area (Å²) in [5, 5.41) is 0. The Morgan fingerprint density at radius 1 is 0.897 bits per heavy atom. The van der Waals surface area contributed by atoms with E-state index in [0.717, 1.165) is 38.8 Å². The normalized spacial score (nSPS) is 12.7. The smallest absolute Gasteiger partial charge is 0.102 e. The summed E-state index contributed by atoms with van der Waals surface area (Å²) in [4.78, 5) is 4.18. The van der Waals surface area contributed by atoms with Crippen LogP contribution in [-0.2, 0) is 4.74 Å². The summed E-state index contributed by atoms with van der Waals surface area (Å²) in [5.41, 5.74) is 4.60. The van der Waals surface area contributed by atoms with Crippen molar-refractivity contribution in [1.29, 1.82) is 0 Å². The van der Waals surface area contributed by atoms with Crippen molar-refractivity contribution in [3.05, 3.63) is 74.7 Å². The van der Waals surface area contributed by atoms with Gasteiger partial charge in [-0.15, -0.1) is 0 Å². The maximum atomic E-state index is 6.10. The molecule has 0 N–H and O–H groups in total. The zero-order valence-corrected chi connectivity index (χ0v) is 21.0. The number of halogens is 2. The second-order valence-corrected chi connectivity index (χ2v) is 8.94. The molecule has 0 fully saturated rings. The molecule has 0 saturated heterocycles. The second kappa shape index (κ2) is 11.6. The van der Waals surface area contributed by atoms with Crippen molar-refractivity contribution in [1.82, 2.24) is 0 Å². The van der Waals surface area contributed by atoms with Crippen molar-refractivity contribution < 1.29 is 4.74 Å². The van der Waals surface area contributed by atoms with Crippen molar-refractivity contribution in [2.24, 2.45) is 0 Å². The van der Waals surface area contributed by atoms with E-state index in [1.54, 1.807) is 0 Å². The van der Waals surface area contributed by atoms with Gasteiger partial charge in [0.2, 0.25) is 0 Å². The highest BCUT2D eigenvalue weighted by atomic mass is 79.9. The highest BCUT2D eigenvalue weighted by Crippen LogP contribution is 2.31. The van der Waals surface area contributed by atoms with E-state index in [4.69, 9.17) is 4.74 Å². The molecule has 0 aliphatic heterocycles. The Balaban J connectivity index is 2.18. The lowest BCUT2D eigenvalue weighted by Gasteiger charge is -2.19. The van der Waals surface area contributed by atoms with Crippen molar-refractivity contribution in [2.45, 2.75) is 19.4 Å². The minimum atomic E-state index is -0.0928. The monoisotopic (exact) mass is 520 g/mol. The van der Waals surface area contributed by atoms with Gasteiger partial charge in [-0.2, -0.15) is 0 Å². The van der Waals surface area contributed by atoms with Crippen LogP contribution < -0.4 is 9.80 Å². The third-order valence-corrected chi connectivity index (χ3v) is 5.86. The number of anilines is 2. The molecular weight excluding hydrogens is 492 g/mol. The highest BCUT2D eigenvalue weighted by molar-refractivity contribution is 9.10. The van der Waals surface area contributed by atoms with Gasteiger partial charge in [-0.05, 0) is 41.8 Å². The Labute approximate surface area is 192 Å². The first kappa shape index (κ1) is 23.7. The summed E-state index contributed by atoms with van der Waals surface area (Å²) < 4.78 is 8.23. The van der Waals surface area contributed by atoms with Crippen molar-refractivity contribution >= 4 is 49.3 Å². The lowest BCUT2D eigenvalue weighted by molar-refractivity contribution is 0.0854. The molecular formula is C24H30Br2N2O. The quantitative estimate of drug-likeness (QED) is 0.328. The zero-order chi connectivity index (χ0) is 21.4. The van der Waals surface area contributed by atoms with Crippen molar-refractivity contribution in [3.63, 3.8) is 0 Å². The number of hydrogen-bond acceptors (Lipinski definition) is 3. The average molecular weight is 522 g/mol. The van der Waals surface area contributed by atoms with E-state index in [-0.39, 0.29) is 6.10 Å². The van der Waals surface area contributed by atoms with Crippen LogP contribution in [0.15, 0.2) is 63.6 Å². The lowest BCUT2D eigenvalue weighted by Crippen LogP contribution is -2.09. The fraction of sp³-hybridized carbons (Fsp3) is 0.333. The lowest BCUT2D eigenvalue weighted by atomic mass is 10.1. The molecule has 156 valence electrons. The van der Waals surface area contributed by atoms with E-state index < -0.39 is 0 Å². The molecule has 0 spiro atoms. The SMILES string of the molecule is CCCOC(C=CC=Cc1ccc(N(C)C)cc1Br)c1ccc(N(C)C)cc1Br. The molecule has 0 saturated carbocycles. The van der Waals surface area contributed by atoms with Crippen LogP contribution in [-0.4, -0.2) is 34.8 Å². The van der Waals surface area contributed by atoms with E-state index in [0.29, 0.717) is 0 Å². The molecule has 0 amide bonds. The molecule has 0 aliphatic carbocycles. The first-order valence-electron chi connectivity index (χ1n) is 9.73. The minimum absolute atomic E-state index is 0.0928. The number of benzene rings is 2. The Kier molecular flexibility index (Phi) is 9.47. The maximum Gasteiger partial charge on any atom is 0.102 e. The summed E-state index contributed by atoms with van der Waals surface area (Å²) in [6.45, 7) is 2.85. The van der Waals surface area contributed by atoms with E-state index in [1.165, 1.54) is 5.69 Å². The molecule has 1 atom stereocenters. The molecule has 0 radical (unpaired) electrons. The molecule has 3 nitrogen and oxygen atoms in total. The van der Waals surface area contributed by atoms with E-state index in [1.807, 2.05) is 28.2 Å². The largest absolute Gasteiger partial charge is 0.378 e. The van der Waals surface area contributed by atoms with Gasteiger partial charge in [-0.1, -0.05) is 75.2 Å². The summed E-state index contributed by atoms with van der Waals surface area (Å²) in [6, 6.07) is 12.7. The number of ether oxygens (including phenoxy) is 1. The summed E-state index contributed by atoms with van der Waals surface area (Å²) in [6.07, 6.45) is 9.20. The number of hydrogen-bond donors (Lipinski definition) is 0. The van der Waals surface area contributed by atoms with E-state index >= 15 is 0 Å². The maximum absolute atomic E-state index is 6.10. The van der Waals surface area contributed by atoms with Crippen LogP contribution in [0.5, 0.6) is 0 Å². The van der Waals surface area contributed by atoms with Crippen LogP contribution in [0.3, 0.4) is 0 Å². The predicted octanol–water partition coefficient (Wildman–Crippen LogP) is 7.08. The third kappa shape index (κ3) is 7.02. The Bertz CT molecular complexity index is 860. The molecule has 2 rings (SSSR count). The standard InChI is InChI=1S/C24H30Br2N2O/c1-6-15-29-24(21-14-13-20(28(4)5)17-23(21)26)10-8-7-9-18-11-12-19(27(2)3)16-22(18)25/h7-14,16-17,24H,6,15H2,1-5H3. The van der Waals surface area contributed by atoms with Crippen molar-refractivity contribution in [2.75, 3.05) is 44.6 Å². The fourth-order valence-corrected chi connectivity index (χ4v) is 3.86. The molecule has 29 heavy (non-hydrogen) atoms. The number of allylic oxidation sites excluding steroid dienone is 2. The van der Waals surface area contributed by atoms with Crippen LogP contribution in [0.1, 0.15) is 30.6 Å². The molecule has 5 heteroatoms. The van der Waals surface area contributed by atoms with Gasteiger partial charge in [0.1, 0.15) is 6.10 Å². The summed E-state index contributed by atoms with van der Waals surface area (Å²) in [7, 11) is 8.17. The number of rotatable bonds is 9. The van der Waals surface area contributed by atoms with Gasteiger partial charge in [0.25, 0.3) is 0 Å². The van der Waals surface area contributed by atoms with Crippen LogP contribution in [0.4, 0.5) is 11.4 Å². The van der Waals surface area contributed by atoms with Crippen LogP contribution in [0, 0.1) is 0 Å². The highest BCUT2D eigenvalue weighted by Gasteiger charge is 2.13. The van der Waals surface area contributed by atoms with Gasteiger partial charge < -0.3 is 14.5 Å². The molecule has 2 aromatic carbocycles. The topological polar surface area (TPSA) is 15.7 Å². The minimum Gasteiger partial charge on any atom is -0.378 e. The second-order valence-electron chi connectivity index (χ2n) is 7.24. The molecule has 1 unspecified atom stereocenters. The number of nitrogens with zero attached hydrogens (tertiary/aromatic N) is 2. The van der Waals surface area contributed by atoms with Crippen LogP contribution >= 0.6 is 31.9 Å². The summed E-state index contributed by atoms with van der Waals surface area (Å²) >= 11 is 7.37. The van der Waals surface area contributed by atoms with Crippen LogP contribution in [0.2, 0.25) is 0 Å². The Morgan fingerprint density at radius 2 is 1.52 bits per heavy atom. The molecule has 2 aromatic rings. The first-order valence-corrected chi connectivity index (χ1v) is 11.3. The summed E-state index contributed by atoms with van der Waals surface area (Å²) in [5.74, 6) is 0. The van der Waals surface area contributed by atoms with Crippen molar-refractivity contribution in [3.8, 4) is 0 Å². The van der Waals surface area contributed by atoms with E-state index in [2.05, 4.69) is 109 Å². The molecule has 0 aromatic heterocycles. The Hall–Kier alpha value is -1.56. The van der Waals surface area contributed by atoms with Gasteiger partial charge >= 0.3 is 0 Å². The van der Waals surface area contributed by atoms with Gasteiger partial charge in [-0.25, -0.2) is 0 Å². The fourth-order valence-electron chi connectivity index (χ4n) is 2.77. The average Bonchev–Trinajstić information content (AvgIpc) is 2.68. The van der Waals surface area contributed by atoms with Gasteiger partial charge in [0, 0.05) is 55.1 Å². The third-order valence-electron chi connectivity index (χ3n) is 4.48. The zero-order valence-electron chi connectivity index (χ0n) is 17.8.